The van der Waals surface area contributed by atoms with Gasteiger partial charge in [0.1, 0.15) is 9.84 Å². The molecule has 0 bridgehead atoms. The van der Waals surface area contributed by atoms with Crippen LogP contribution in [-0.2, 0) is 14.6 Å². The van der Waals surface area contributed by atoms with Crippen LogP contribution in [0.15, 0.2) is 0 Å². The minimum absolute atomic E-state index is 0. The highest BCUT2D eigenvalue weighted by Crippen LogP contribution is 2.33. The molecule has 5 nitrogen and oxygen atoms in total. The number of amides is 1. The van der Waals surface area contributed by atoms with E-state index >= 15 is 0 Å². The number of hydrogen-bond donors (Lipinski definition) is 1. The highest BCUT2D eigenvalue weighted by Gasteiger charge is 2.39. The molecule has 1 amide bonds. The van der Waals surface area contributed by atoms with Crippen LogP contribution in [0, 0.1) is 5.92 Å². The standard InChI is InChI=1S/C13H24N2O3S.ClH/c1-15(7-8-19(2,17)18)13(16)12-9-10-5-3-4-6-11(10)14-12;/h10-12,14H,3-9H2,1-2H3;1H. The number of sulfone groups is 1. The maximum atomic E-state index is 12.3. The molecule has 3 unspecified atom stereocenters. The first kappa shape index (κ1) is 17.7. The zero-order valence-electron chi connectivity index (χ0n) is 12.2. The zero-order valence-corrected chi connectivity index (χ0v) is 13.8. The van der Waals surface area contributed by atoms with Gasteiger partial charge in [-0.1, -0.05) is 12.8 Å². The number of halogens is 1. The van der Waals surface area contributed by atoms with E-state index in [9.17, 15) is 13.2 Å². The Balaban J connectivity index is 0.00000200. The molecule has 0 aromatic heterocycles. The van der Waals surface area contributed by atoms with Gasteiger partial charge in [0.15, 0.2) is 0 Å². The predicted octanol–water partition coefficient (Wildman–Crippen LogP) is 0.832. The van der Waals surface area contributed by atoms with Crippen LogP contribution in [0.4, 0.5) is 0 Å². The Kier molecular flexibility index (Phi) is 6.28. The highest BCUT2D eigenvalue weighted by molar-refractivity contribution is 7.90. The Morgan fingerprint density at radius 1 is 1.30 bits per heavy atom. The molecule has 1 saturated heterocycles. The van der Waals surface area contributed by atoms with E-state index in [0.29, 0.717) is 12.0 Å². The van der Waals surface area contributed by atoms with Gasteiger partial charge in [-0.05, 0) is 25.2 Å². The van der Waals surface area contributed by atoms with Gasteiger partial charge in [-0.15, -0.1) is 12.4 Å². The Bertz CT molecular complexity index is 427. The third-order valence-corrected chi connectivity index (χ3v) is 5.26. The van der Waals surface area contributed by atoms with Crippen molar-refractivity contribution in [3.63, 3.8) is 0 Å². The molecule has 0 aromatic carbocycles. The van der Waals surface area contributed by atoms with Gasteiger partial charge in [0.05, 0.1) is 11.8 Å². The SMILES string of the molecule is CN(CCS(C)(=O)=O)C(=O)C1CC2CCCCC2N1.Cl. The number of likely N-dealkylation sites (N-methyl/N-ethyl adjacent to an activating group) is 1. The van der Waals surface area contributed by atoms with Crippen LogP contribution in [0.5, 0.6) is 0 Å². The van der Waals surface area contributed by atoms with Crippen LogP contribution in [0.1, 0.15) is 32.1 Å². The van der Waals surface area contributed by atoms with Gasteiger partial charge in [0.2, 0.25) is 5.91 Å². The molecule has 118 valence electrons. The van der Waals surface area contributed by atoms with Gasteiger partial charge in [-0.2, -0.15) is 0 Å². The Hall–Kier alpha value is -0.330. The van der Waals surface area contributed by atoms with E-state index in [1.165, 1.54) is 31.9 Å². The van der Waals surface area contributed by atoms with E-state index in [1.807, 2.05) is 0 Å². The van der Waals surface area contributed by atoms with Crippen molar-refractivity contribution in [1.29, 1.82) is 0 Å². The fourth-order valence-electron chi connectivity index (χ4n) is 3.19. The molecular weight excluding hydrogens is 300 g/mol. The van der Waals surface area contributed by atoms with Gasteiger partial charge >= 0.3 is 0 Å². The number of nitrogens with one attached hydrogen (secondary N) is 1. The molecule has 3 atom stereocenters. The number of rotatable bonds is 4. The molecule has 0 aromatic rings. The zero-order chi connectivity index (χ0) is 14.0. The first-order valence-corrected chi connectivity index (χ1v) is 9.11. The first-order chi connectivity index (χ1) is 8.87. The lowest BCUT2D eigenvalue weighted by Gasteiger charge is -2.24. The highest BCUT2D eigenvalue weighted by atomic mass is 35.5. The lowest BCUT2D eigenvalue weighted by Crippen LogP contribution is -2.45. The minimum Gasteiger partial charge on any atom is -0.343 e. The molecule has 2 rings (SSSR count). The molecule has 1 aliphatic carbocycles. The second kappa shape index (κ2) is 7.09. The van der Waals surface area contributed by atoms with E-state index in [-0.39, 0.29) is 36.7 Å². The summed E-state index contributed by atoms with van der Waals surface area (Å²) < 4.78 is 22.3. The summed E-state index contributed by atoms with van der Waals surface area (Å²) in [6.07, 6.45) is 7.02. The lowest BCUT2D eigenvalue weighted by atomic mass is 9.85. The third-order valence-electron chi connectivity index (χ3n) is 4.33. The van der Waals surface area contributed by atoms with Crippen molar-refractivity contribution in [1.82, 2.24) is 10.2 Å². The summed E-state index contributed by atoms with van der Waals surface area (Å²) in [6.45, 7) is 0.283. The maximum Gasteiger partial charge on any atom is 0.239 e. The van der Waals surface area contributed by atoms with Crippen molar-refractivity contribution in [2.45, 2.75) is 44.2 Å². The lowest BCUT2D eigenvalue weighted by molar-refractivity contribution is -0.131. The predicted molar refractivity (Wildman–Crippen MR) is 81.9 cm³/mol. The molecule has 1 N–H and O–H groups in total. The Labute approximate surface area is 127 Å². The molecule has 1 saturated carbocycles. The summed E-state index contributed by atoms with van der Waals surface area (Å²) >= 11 is 0. The molecule has 2 aliphatic rings. The molecule has 1 aliphatic heterocycles. The molecule has 0 spiro atoms. The molecular formula is C13H25ClN2O3S. The Morgan fingerprint density at radius 2 is 1.95 bits per heavy atom. The van der Waals surface area contributed by atoms with Crippen LogP contribution in [0.2, 0.25) is 0 Å². The monoisotopic (exact) mass is 324 g/mol. The summed E-state index contributed by atoms with van der Waals surface area (Å²) in [4.78, 5) is 13.8. The third kappa shape index (κ3) is 4.60. The molecule has 1 heterocycles. The summed E-state index contributed by atoms with van der Waals surface area (Å²) in [6, 6.07) is 0.378. The number of hydrogen-bond acceptors (Lipinski definition) is 4. The average Bonchev–Trinajstić information content (AvgIpc) is 2.77. The van der Waals surface area contributed by atoms with Crippen molar-refractivity contribution < 1.29 is 13.2 Å². The van der Waals surface area contributed by atoms with E-state index in [1.54, 1.807) is 11.9 Å². The van der Waals surface area contributed by atoms with Gasteiger partial charge in [0, 0.05) is 25.9 Å². The minimum atomic E-state index is -3.01. The van der Waals surface area contributed by atoms with Crippen molar-refractivity contribution >= 4 is 28.2 Å². The number of nitrogens with zero attached hydrogens (tertiary/aromatic N) is 1. The van der Waals surface area contributed by atoms with Crippen molar-refractivity contribution in [3.8, 4) is 0 Å². The largest absolute Gasteiger partial charge is 0.343 e. The van der Waals surface area contributed by atoms with E-state index in [2.05, 4.69) is 5.32 Å². The second-order valence-corrected chi connectivity index (χ2v) is 8.26. The van der Waals surface area contributed by atoms with Gasteiger partial charge < -0.3 is 10.2 Å². The molecule has 20 heavy (non-hydrogen) atoms. The first-order valence-electron chi connectivity index (χ1n) is 7.05. The fourth-order valence-corrected chi connectivity index (χ4v) is 3.79. The summed E-state index contributed by atoms with van der Waals surface area (Å²) in [7, 11) is -1.32. The number of carbonyl (C=O) groups is 1. The summed E-state index contributed by atoms with van der Waals surface area (Å²) in [5.41, 5.74) is 0. The molecule has 2 fully saturated rings. The van der Waals surface area contributed by atoms with Crippen LogP contribution in [0.25, 0.3) is 0 Å². The van der Waals surface area contributed by atoms with Gasteiger partial charge in [-0.3, -0.25) is 4.79 Å². The topological polar surface area (TPSA) is 66.5 Å². The van der Waals surface area contributed by atoms with Gasteiger partial charge in [-0.25, -0.2) is 8.42 Å². The summed E-state index contributed by atoms with van der Waals surface area (Å²) in [5.74, 6) is 0.707. The van der Waals surface area contributed by atoms with Gasteiger partial charge in [0.25, 0.3) is 0 Å². The van der Waals surface area contributed by atoms with E-state index in [0.717, 1.165) is 6.42 Å². The Morgan fingerprint density at radius 3 is 2.55 bits per heavy atom. The fraction of sp³-hybridized carbons (Fsp3) is 0.923. The second-order valence-electron chi connectivity index (χ2n) is 6.00. The summed E-state index contributed by atoms with van der Waals surface area (Å²) in [5, 5.41) is 3.43. The van der Waals surface area contributed by atoms with Crippen molar-refractivity contribution in [2.24, 2.45) is 5.92 Å². The van der Waals surface area contributed by atoms with E-state index in [4.69, 9.17) is 0 Å². The molecule has 0 radical (unpaired) electrons. The maximum absolute atomic E-state index is 12.3. The smallest absolute Gasteiger partial charge is 0.239 e. The van der Waals surface area contributed by atoms with Crippen molar-refractivity contribution in [3.05, 3.63) is 0 Å². The normalized spacial score (nSPS) is 29.4. The number of fused-ring (bicyclic) bond motifs is 1. The molecule has 7 heteroatoms. The van der Waals surface area contributed by atoms with Crippen LogP contribution >= 0.6 is 12.4 Å². The number of carbonyl (C=O) groups excluding carboxylic acids is 1. The van der Waals surface area contributed by atoms with Crippen LogP contribution in [-0.4, -0.2) is 56.9 Å². The van der Waals surface area contributed by atoms with Crippen molar-refractivity contribution in [2.75, 3.05) is 25.6 Å². The van der Waals surface area contributed by atoms with E-state index < -0.39 is 9.84 Å². The van der Waals surface area contributed by atoms with Crippen LogP contribution in [0.3, 0.4) is 0 Å². The van der Waals surface area contributed by atoms with Crippen LogP contribution < -0.4 is 5.32 Å². The quantitative estimate of drug-likeness (QED) is 0.832. The average molecular weight is 325 g/mol.